The van der Waals surface area contributed by atoms with Crippen LogP contribution in [0.15, 0.2) is 22.8 Å². The average Bonchev–Trinajstić information content (AvgIpc) is 2.55. The number of hydrogen-bond acceptors (Lipinski definition) is 4. The molecule has 1 aliphatic rings. The van der Waals surface area contributed by atoms with Gasteiger partial charge in [0.2, 0.25) is 0 Å². The van der Waals surface area contributed by atoms with Crippen molar-refractivity contribution in [2.45, 2.75) is 45.3 Å². The molecule has 25 heavy (non-hydrogen) atoms. The fourth-order valence-electron chi connectivity index (χ4n) is 2.58. The second-order valence-corrected chi connectivity index (χ2v) is 8.02. The van der Waals surface area contributed by atoms with E-state index in [-0.39, 0.29) is 18.2 Å². The summed E-state index contributed by atoms with van der Waals surface area (Å²) in [6.07, 6.45) is 2.75. The summed E-state index contributed by atoms with van der Waals surface area (Å²) in [7, 11) is 1.75. The molecule has 2 heterocycles. The normalized spacial score (nSPS) is 15.6. The first-order valence-corrected chi connectivity index (χ1v) is 9.08. The quantitative estimate of drug-likeness (QED) is 0.802. The van der Waals surface area contributed by atoms with Crippen molar-refractivity contribution in [1.82, 2.24) is 14.8 Å². The first-order chi connectivity index (χ1) is 11.7. The monoisotopic (exact) mass is 412 g/mol. The molecule has 8 heteroatoms. The van der Waals surface area contributed by atoms with Gasteiger partial charge in [-0.05, 0) is 61.7 Å². The minimum atomic E-state index is -0.510. The van der Waals surface area contributed by atoms with Crippen LogP contribution in [0, 0.1) is 0 Å². The van der Waals surface area contributed by atoms with Gasteiger partial charge in [0.25, 0.3) is 0 Å². The number of carbonyl (C=O) groups is 2. The third-order valence-electron chi connectivity index (χ3n) is 3.94. The largest absolute Gasteiger partial charge is 0.444 e. The number of halogens is 1. The van der Waals surface area contributed by atoms with Gasteiger partial charge < -0.3 is 14.5 Å². The van der Waals surface area contributed by atoms with Crippen molar-refractivity contribution in [3.8, 4) is 0 Å². The Balaban J connectivity index is 1.83. The zero-order chi connectivity index (χ0) is 18.6. The molecule has 1 aromatic rings. The van der Waals surface area contributed by atoms with Crippen molar-refractivity contribution in [3.63, 3.8) is 0 Å². The third kappa shape index (κ3) is 5.88. The summed E-state index contributed by atoms with van der Waals surface area (Å²) >= 11 is 3.31. The number of ether oxygens (including phenoxy) is 1. The first kappa shape index (κ1) is 19.5. The second kappa shape index (κ2) is 8.03. The van der Waals surface area contributed by atoms with E-state index in [4.69, 9.17) is 4.74 Å². The number of rotatable bonds is 2. The lowest BCUT2D eigenvalue weighted by molar-refractivity contribution is 0.0170. The molecule has 138 valence electrons. The summed E-state index contributed by atoms with van der Waals surface area (Å²) in [6, 6.07) is 3.47. The maximum atomic E-state index is 12.3. The molecule has 1 N–H and O–H groups in total. The van der Waals surface area contributed by atoms with E-state index in [2.05, 4.69) is 26.2 Å². The minimum absolute atomic E-state index is 0.0738. The number of urea groups is 1. The molecule has 1 saturated heterocycles. The smallest absolute Gasteiger partial charge is 0.410 e. The van der Waals surface area contributed by atoms with Gasteiger partial charge in [0, 0.05) is 36.8 Å². The van der Waals surface area contributed by atoms with Crippen LogP contribution < -0.4 is 5.32 Å². The number of anilines is 1. The predicted octanol–water partition coefficient (Wildman–Crippen LogP) is 3.71. The summed E-state index contributed by atoms with van der Waals surface area (Å²) < 4.78 is 6.26. The number of pyridine rings is 1. The lowest BCUT2D eigenvalue weighted by Gasteiger charge is -2.37. The lowest BCUT2D eigenvalue weighted by atomic mass is 10.0. The molecule has 2 rings (SSSR count). The van der Waals surface area contributed by atoms with Crippen LogP contribution in [-0.2, 0) is 4.74 Å². The van der Waals surface area contributed by atoms with E-state index >= 15 is 0 Å². The molecule has 0 radical (unpaired) electrons. The van der Waals surface area contributed by atoms with Crippen molar-refractivity contribution >= 4 is 33.9 Å². The van der Waals surface area contributed by atoms with Crippen LogP contribution in [0.2, 0.25) is 0 Å². The Morgan fingerprint density at radius 1 is 1.32 bits per heavy atom. The highest BCUT2D eigenvalue weighted by Gasteiger charge is 2.30. The molecule has 1 aliphatic heterocycles. The zero-order valence-electron chi connectivity index (χ0n) is 15.1. The van der Waals surface area contributed by atoms with E-state index in [1.165, 1.54) is 0 Å². The number of likely N-dealkylation sites (tertiary alicyclic amines) is 1. The predicted molar refractivity (Wildman–Crippen MR) is 99.5 cm³/mol. The molecule has 0 aliphatic carbocycles. The number of hydrogen-bond donors (Lipinski definition) is 1. The Morgan fingerprint density at radius 2 is 1.96 bits per heavy atom. The molecule has 0 saturated carbocycles. The minimum Gasteiger partial charge on any atom is -0.444 e. The molecule has 0 aromatic carbocycles. The van der Waals surface area contributed by atoms with Gasteiger partial charge in [0.05, 0.1) is 0 Å². The van der Waals surface area contributed by atoms with Gasteiger partial charge in [-0.3, -0.25) is 5.32 Å². The third-order valence-corrected chi connectivity index (χ3v) is 4.41. The van der Waals surface area contributed by atoms with Crippen LogP contribution in [0.1, 0.15) is 33.6 Å². The Labute approximate surface area is 156 Å². The highest BCUT2D eigenvalue weighted by atomic mass is 79.9. The molecule has 1 fully saturated rings. The van der Waals surface area contributed by atoms with E-state index in [1.54, 1.807) is 29.1 Å². The molecule has 1 aromatic heterocycles. The van der Waals surface area contributed by atoms with Crippen molar-refractivity contribution in [2.24, 2.45) is 0 Å². The standard InChI is InChI=1S/C17H25BrN4O3/c1-17(2,3)25-16(24)21(4)13-7-9-22(10-8-13)15(23)20-14-6-5-12(18)11-19-14/h5-6,11,13H,7-10H2,1-4H3,(H,19,20,23). The summed E-state index contributed by atoms with van der Waals surface area (Å²) in [5.41, 5.74) is -0.510. The van der Waals surface area contributed by atoms with Crippen molar-refractivity contribution in [1.29, 1.82) is 0 Å². The van der Waals surface area contributed by atoms with Gasteiger partial charge >= 0.3 is 12.1 Å². The van der Waals surface area contributed by atoms with Gasteiger partial charge in [0.1, 0.15) is 11.4 Å². The molecule has 3 amide bonds. The number of piperidine rings is 1. The summed E-state index contributed by atoms with van der Waals surface area (Å²) in [5, 5.41) is 2.79. The zero-order valence-corrected chi connectivity index (χ0v) is 16.7. The van der Waals surface area contributed by atoms with Crippen LogP contribution in [0.25, 0.3) is 0 Å². The fraction of sp³-hybridized carbons (Fsp3) is 0.588. The topological polar surface area (TPSA) is 74.8 Å². The lowest BCUT2D eigenvalue weighted by Crippen LogP contribution is -2.49. The maximum absolute atomic E-state index is 12.3. The van der Waals surface area contributed by atoms with Crippen LogP contribution >= 0.6 is 15.9 Å². The number of amides is 3. The van der Waals surface area contributed by atoms with Crippen molar-refractivity contribution in [3.05, 3.63) is 22.8 Å². The van der Waals surface area contributed by atoms with E-state index in [0.29, 0.717) is 18.9 Å². The average molecular weight is 413 g/mol. The van der Waals surface area contributed by atoms with Gasteiger partial charge in [-0.15, -0.1) is 0 Å². The summed E-state index contributed by atoms with van der Waals surface area (Å²) in [4.78, 5) is 32.0. The molecular formula is C17H25BrN4O3. The van der Waals surface area contributed by atoms with Crippen LogP contribution in [0.3, 0.4) is 0 Å². The highest BCUT2D eigenvalue weighted by molar-refractivity contribution is 9.10. The molecule has 0 bridgehead atoms. The van der Waals surface area contributed by atoms with Gasteiger partial charge in [-0.25, -0.2) is 14.6 Å². The number of nitrogens with one attached hydrogen (secondary N) is 1. The number of nitrogens with zero attached hydrogens (tertiary/aromatic N) is 3. The molecule has 7 nitrogen and oxygen atoms in total. The van der Waals surface area contributed by atoms with E-state index < -0.39 is 5.60 Å². The molecule has 0 atom stereocenters. The molecule has 0 spiro atoms. The molecular weight excluding hydrogens is 388 g/mol. The number of aromatic nitrogens is 1. The van der Waals surface area contributed by atoms with Crippen LogP contribution in [0.4, 0.5) is 15.4 Å². The second-order valence-electron chi connectivity index (χ2n) is 7.10. The van der Waals surface area contributed by atoms with Crippen LogP contribution in [0.5, 0.6) is 0 Å². The Bertz CT molecular complexity index is 607. The summed E-state index contributed by atoms with van der Waals surface area (Å²) in [5.74, 6) is 0.515. The van der Waals surface area contributed by atoms with Gasteiger partial charge in [0.15, 0.2) is 0 Å². The Morgan fingerprint density at radius 3 is 2.48 bits per heavy atom. The van der Waals surface area contributed by atoms with Gasteiger partial charge in [-0.1, -0.05) is 0 Å². The molecule has 0 unspecified atom stereocenters. The van der Waals surface area contributed by atoms with E-state index in [1.807, 2.05) is 26.8 Å². The highest BCUT2D eigenvalue weighted by Crippen LogP contribution is 2.19. The Hall–Kier alpha value is -1.83. The summed E-state index contributed by atoms with van der Waals surface area (Å²) in [6.45, 7) is 6.71. The fourth-order valence-corrected chi connectivity index (χ4v) is 2.81. The maximum Gasteiger partial charge on any atom is 0.410 e. The number of carbonyl (C=O) groups excluding carboxylic acids is 2. The first-order valence-electron chi connectivity index (χ1n) is 8.29. The Kier molecular flexibility index (Phi) is 6.26. The van der Waals surface area contributed by atoms with Gasteiger partial charge in [-0.2, -0.15) is 0 Å². The SMILES string of the molecule is CN(C(=O)OC(C)(C)C)C1CCN(C(=O)Nc2ccc(Br)cn2)CC1. The van der Waals surface area contributed by atoms with Crippen molar-refractivity contribution in [2.75, 3.05) is 25.5 Å². The van der Waals surface area contributed by atoms with Crippen LogP contribution in [-0.4, -0.2) is 58.7 Å². The van der Waals surface area contributed by atoms with E-state index in [0.717, 1.165) is 17.3 Å². The van der Waals surface area contributed by atoms with E-state index in [9.17, 15) is 9.59 Å². The van der Waals surface area contributed by atoms with Crippen molar-refractivity contribution < 1.29 is 14.3 Å².